The number of hydrogen-bond donors (Lipinski definition) is 2. The molecule has 0 unspecified atom stereocenters. The van der Waals surface area contributed by atoms with E-state index in [4.69, 9.17) is 0 Å². The van der Waals surface area contributed by atoms with Gasteiger partial charge in [-0.1, -0.05) is 12.1 Å². The summed E-state index contributed by atoms with van der Waals surface area (Å²) in [4.78, 5) is 12.0. The van der Waals surface area contributed by atoms with Gasteiger partial charge in [0.2, 0.25) is 0 Å². The highest BCUT2D eigenvalue weighted by atomic mass is 19.4. The lowest BCUT2D eigenvalue weighted by Crippen LogP contribution is -2.42. The maximum atomic E-state index is 12.3. The average molecular weight is 288 g/mol. The van der Waals surface area contributed by atoms with Crippen LogP contribution in [-0.4, -0.2) is 31.4 Å². The van der Waals surface area contributed by atoms with Crippen molar-refractivity contribution >= 4 is 5.91 Å². The molecule has 20 heavy (non-hydrogen) atoms. The Morgan fingerprint density at radius 2 is 1.90 bits per heavy atom. The Hall–Kier alpha value is -1.76. The summed E-state index contributed by atoms with van der Waals surface area (Å²) in [5.41, 5.74) is -0.108. The first-order chi connectivity index (χ1) is 9.46. The van der Waals surface area contributed by atoms with E-state index in [2.05, 4.69) is 15.4 Å². The number of benzene rings is 1. The Balaban J connectivity index is 2.08. The zero-order valence-corrected chi connectivity index (χ0v) is 10.7. The van der Waals surface area contributed by atoms with Crippen LogP contribution in [0.25, 0.3) is 0 Å². The highest BCUT2D eigenvalue weighted by Crippen LogP contribution is 2.26. The van der Waals surface area contributed by atoms with E-state index in [-0.39, 0.29) is 11.6 Å². The molecule has 7 heteroatoms. The number of hydrogen-bond acceptors (Lipinski definition) is 3. The number of halogens is 3. The number of amides is 1. The number of carbonyl (C=O) groups is 1. The van der Waals surface area contributed by atoms with Crippen molar-refractivity contribution in [2.75, 3.05) is 13.1 Å². The van der Waals surface area contributed by atoms with Gasteiger partial charge in [-0.15, -0.1) is 13.2 Å². The first-order valence-electron chi connectivity index (χ1n) is 6.32. The van der Waals surface area contributed by atoms with Crippen LogP contribution in [-0.2, 0) is 0 Å². The van der Waals surface area contributed by atoms with Crippen LogP contribution in [0.1, 0.15) is 23.2 Å². The van der Waals surface area contributed by atoms with Gasteiger partial charge in [0.1, 0.15) is 5.75 Å². The zero-order valence-electron chi connectivity index (χ0n) is 10.7. The Morgan fingerprint density at radius 1 is 1.25 bits per heavy atom. The Labute approximate surface area is 114 Å². The van der Waals surface area contributed by atoms with Gasteiger partial charge in [0.05, 0.1) is 5.56 Å². The second-order valence-corrected chi connectivity index (χ2v) is 4.54. The van der Waals surface area contributed by atoms with Gasteiger partial charge in [-0.3, -0.25) is 4.79 Å². The monoisotopic (exact) mass is 288 g/mol. The minimum Gasteiger partial charge on any atom is -0.405 e. The third-order valence-electron chi connectivity index (χ3n) is 3.03. The van der Waals surface area contributed by atoms with Crippen LogP contribution < -0.4 is 15.4 Å². The molecule has 1 amide bonds. The molecule has 1 aliphatic heterocycles. The molecule has 110 valence electrons. The number of alkyl halides is 3. The SMILES string of the molecule is O=C(NC1CCNCC1)c1ccccc1OC(F)(F)F. The fourth-order valence-corrected chi connectivity index (χ4v) is 2.10. The summed E-state index contributed by atoms with van der Waals surface area (Å²) in [5, 5.41) is 5.88. The van der Waals surface area contributed by atoms with Crippen LogP contribution >= 0.6 is 0 Å². The molecule has 0 radical (unpaired) electrons. The predicted molar refractivity (Wildman–Crippen MR) is 66.5 cm³/mol. The second kappa shape index (κ2) is 6.13. The average Bonchev–Trinajstić information content (AvgIpc) is 2.38. The largest absolute Gasteiger partial charge is 0.573 e. The van der Waals surface area contributed by atoms with Gasteiger partial charge in [-0.05, 0) is 38.1 Å². The molecule has 2 N–H and O–H groups in total. The first-order valence-corrected chi connectivity index (χ1v) is 6.32. The first kappa shape index (κ1) is 14.6. The standard InChI is InChI=1S/C13H15F3N2O2/c14-13(15,16)20-11-4-2-1-3-10(11)12(19)18-9-5-7-17-8-6-9/h1-4,9,17H,5-8H2,(H,18,19). The fourth-order valence-electron chi connectivity index (χ4n) is 2.10. The predicted octanol–water partition coefficient (Wildman–Crippen LogP) is 2.07. The van der Waals surface area contributed by atoms with E-state index in [0.29, 0.717) is 0 Å². The van der Waals surface area contributed by atoms with Crippen molar-refractivity contribution in [3.8, 4) is 5.75 Å². The molecular formula is C13H15F3N2O2. The van der Waals surface area contributed by atoms with Crippen molar-refractivity contribution in [3.63, 3.8) is 0 Å². The minimum absolute atomic E-state index is 0.0253. The van der Waals surface area contributed by atoms with Crippen molar-refractivity contribution in [1.82, 2.24) is 10.6 Å². The van der Waals surface area contributed by atoms with Crippen LogP contribution in [0.3, 0.4) is 0 Å². The van der Waals surface area contributed by atoms with Crippen LogP contribution in [0.2, 0.25) is 0 Å². The fraction of sp³-hybridized carbons (Fsp3) is 0.462. The Kier molecular flexibility index (Phi) is 4.49. The summed E-state index contributed by atoms with van der Waals surface area (Å²) >= 11 is 0. The van der Waals surface area contributed by atoms with E-state index in [1.54, 1.807) is 0 Å². The molecule has 1 saturated heterocycles. The van der Waals surface area contributed by atoms with Gasteiger partial charge < -0.3 is 15.4 Å². The van der Waals surface area contributed by atoms with E-state index in [1.807, 2.05) is 0 Å². The van der Waals surface area contributed by atoms with Crippen molar-refractivity contribution < 1.29 is 22.7 Å². The highest BCUT2D eigenvalue weighted by Gasteiger charge is 2.33. The summed E-state index contributed by atoms with van der Waals surface area (Å²) < 4.78 is 40.7. The van der Waals surface area contributed by atoms with Crippen LogP contribution in [0.15, 0.2) is 24.3 Å². The number of para-hydroxylation sites is 1. The molecule has 0 aliphatic carbocycles. The maximum absolute atomic E-state index is 12.3. The molecule has 0 spiro atoms. The minimum atomic E-state index is -4.81. The van der Waals surface area contributed by atoms with Gasteiger partial charge in [0.15, 0.2) is 0 Å². The molecule has 2 rings (SSSR count). The number of ether oxygens (including phenoxy) is 1. The van der Waals surface area contributed by atoms with Gasteiger partial charge in [0, 0.05) is 6.04 Å². The molecule has 1 heterocycles. The molecule has 0 aromatic heterocycles. The summed E-state index contributed by atoms with van der Waals surface area (Å²) in [5.74, 6) is -1.02. The van der Waals surface area contributed by atoms with E-state index in [1.165, 1.54) is 18.2 Å². The maximum Gasteiger partial charge on any atom is 0.573 e. The number of piperidine rings is 1. The summed E-state index contributed by atoms with van der Waals surface area (Å²) in [6.07, 6.45) is -3.30. The third kappa shape index (κ3) is 4.12. The Morgan fingerprint density at radius 3 is 2.55 bits per heavy atom. The van der Waals surface area contributed by atoms with Crippen molar-refractivity contribution in [3.05, 3.63) is 29.8 Å². The molecule has 1 aliphatic rings. The summed E-state index contributed by atoms with van der Waals surface area (Å²) in [6, 6.07) is 5.31. The van der Waals surface area contributed by atoms with E-state index in [9.17, 15) is 18.0 Å². The highest BCUT2D eigenvalue weighted by molar-refractivity contribution is 5.97. The number of nitrogens with one attached hydrogen (secondary N) is 2. The normalized spacial score (nSPS) is 16.8. The van der Waals surface area contributed by atoms with Gasteiger partial charge in [-0.2, -0.15) is 0 Å². The third-order valence-corrected chi connectivity index (χ3v) is 3.03. The van der Waals surface area contributed by atoms with E-state index in [0.717, 1.165) is 32.0 Å². The molecule has 0 atom stereocenters. The molecule has 1 aromatic carbocycles. The van der Waals surface area contributed by atoms with E-state index < -0.39 is 18.0 Å². The molecule has 4 nitrogen and oxygen atoms in total. The van der Waals surface area contributed by atoms with Crippen LogP contribution in [0.4, 0.5) is 13.2 Å². The number of carbonyl (C=O) groups excluding carboxylic acids is 1. The van der Waals surface area contributed by atoms with Gasteiger partial charge in [-0.25, -0.2) is 0 Å². The number of rotatable bonds is 3. The Bertz CT molecular complexity index is 471. The quantitative estimate of drug-likeness (QED) is 0.895. The van der Waals surface area contributed by atoms with Gasteiger partial charge in [0.25, 0.3) is 5.91 Å². The molecule has 0 bridgehead atoms. The molecular weight excluding hydrogens is 273 g/mol. The van der Waals surface area contributed by atoms with Crippen molar-refractivity contribution in [1.29, 1.82) is 0 Å². The van der Waals surface area contributed by atoms with Crippen molar-refractivity contribution in [2.45, 2.75) is 25.2 Å². The lowest BCUT2D eigenvalue weighted by Gasteiger charge is -2.24. The summed E-state index contributed by atoms with van der Waals surface area (Å²) in [6.45, 7) is 1.57. The van der Waals surface area contributed by atoms with E-state index >= 15 is 0 Å². The second-order valence-electron chi connectivity index (χ2n) is 4.54. The molecule has 0 saturated carbocycles. The lowest BCUT2D eigenvalue weighted by atomic mass is 10.1. The molecule has 1 fully saturated rings. The lowest BCUT2D eigenvalue weighted by molar-refractivity contribution is -0.274. The van der Waals surface area contributed by atoms with Crippen LogP contribution in [0, 0.1) is 0 Å². The molecule has 1 aromatic rings. The van der Waals surface area contributed by atoms with Gasteiger partial charge >= 0.3 is 6.36 Å². The van der Waals surface area contributed by atoms with Crippen LogP contribution in [0.5, 0.6) is 5.75 Å². The zero-order chi connectivity index (χ0) is 14.6. The summed E-state index contributed by atoms with van der Waals surface area (Å²) in [7, 11) is 0. The van der Waals surface area contributed by atoms with Crippen molar-refractivity contribution in [2.24, 2.45) is 0 Å². The smallest absolute Gasteiger partial charge is 0.405 e. The topological polar surface area (TPSA) is 50.4 Å².